The van der Waals surface area contributed by atoms with Crippen LogP contribution in [0.1, 0.15) is 20.0 Å². The molecular weight excluding hydrogens is 424 g/mol. The van der Waals surface area contributed by atoms with E-state index in [-0.39, 0.29) is 12.4 Å². The third kappa shape index (κ3) is 4.15. The first-order chi connectivity index (χ1) is 10.0. The van der Waals surface area contributed by atoms with Crippen molar-refractivity contribution in [3.8, 4) is 5.75 Å². The van der Waals surface area contributed by atoms with Gasteiger partial charge in [-0.1, -0.05) is 0 Å². The number of esters is 1. The summed E-state index contributed by atoms with van der Waals surface area (Å²) in [6.45, 7) is -0.296. The molecular formula is C14H10Br2O4S. The molecule has 0 saturated carbocycles. The van der Waals surface area contributed by atoms with Crippen molar-refractivity contribution in [2.75, 3.05) is 13.7 Å². The standard InChI is InChI=1S/C14H10Br2O4S/c1-19-8-2-3-10(15)9(6-8)14(18)20-7-11(17)12-4-5-13(16)21-12/h2-6H,7H2,1H3. The summed E-state index contributed by atoms with van der Waals surface area (Å²) in [4.78, 5) is 24.4. The molecule has 21 heavy (non-hydrogen) atoms. The second kappa shape index (κ2) is 7.20. The van der Waals surface area contributed by atoms with Crippen LogP contribution in [0.4, 0.5) is 0 Å². The SMILES string of the molecule is COc1ccc(Br)c(C(=O)OCC(=O)c2ccc(Br)s2)c1. The van der Waals surface area contributed by atoms with Crippen LogP contribution in [0, 0.1) is 0 Å². The van der Waals surface area contributed by atoms with Crippen molar-refractivity contribution in [1.29, 1.82) is 0 Å². The number of hydrogen-bond donors (Lipinski definition) is 0. The van der Waals surface area contributed by atoms with Gasteiger partial charge in [0.15, 0.2) is 6.61 Å². The smallest absolute Gasteiger partial charge is 0.339 e. The number of thiophene rings is 1. The molecule has 2 rings (SSSR count). The Labute approximate surface area is 142 Å². The maximum Gasteiger partial charge on any atom is 0.339 e. The van der Waals surface area contributed by atoms with Gasteiger partial charge in [-0.2, -0.15) is 0 Å². The molecule has 0 saturated heterocycles. The van der Waals surface area contributed by atoms with Crippen molar-refractivity contribution in [2.24, 2.45) is 0 Å². The van der Waals surface area contributed by atoms with Crippen LogP contribution in [0.25, 0.3) is 0 Å². The van der Waals surface area contributed by atoms with E-state index in [2.05, 4.69) is 31.9 Å². The lowest BCUT2D eigenvalue weighted by atomic mass is 10.2. The number of carbonyl (C=O) groups is 2. The van der Waals surface area contributed by atoms with Crippen molar-refractivity contribution in [2.45, 2.75) is 0 Å². The zero-order valence-electron chi connectivity index (χ0n) is 10.9. The molecule has 110 valence electrons. The van der Waals surface area contributed by atoms with E-state index < -0.39 is 5.97 Å². The summed E-state index contributed by atoms with van der Waals surface area (Å²) in [7, 11) is 1.51. The Morgan fingerprint density at radius 2 is 1.95 bits per heavy atom. The Morgan fingerprint density at radius 1 is 1.19 bits per heavy atom. The van der Waals surface area contributed by atoms with Crippen molar-refractivity contribution in [3.05, 3.63) is 49.0 Å². The van der Waals surface area contributed by atoms with Crippen molar-refractivity contribution < 1.29 is 19.1 Å². The molecule has 1 heterocycles. The lowest BCUT2D eigenvalue weighted by Gasteiger charge is -2.07. The van der Waals surface area contributed by atoms with E-state index in [4.69, 9.17) is 9.47 Å². The van der Waals surface area contributed by atoms with Crippen molar-refractivity contribution >= 4 is 54.9 Å². The molecule has 0 aliphatic carbocycles. The quantitative estimate of drug-likeness (QED) is 0.520. The highest BCUT2D eigenvalue weighted by Gasteiger charge is 2.16. The van der Waals surface area contributed by atoms with E-state index in [1.54, 1.807) is 30.3 Å². The molecule has 0 atom stereocenters. The largest absolute Gasteiger partial charge is 0.497 e. The molecule has 0 aliphatic rings. The van der Waals surface area contributed by atoms with Crippen LogP contribution in [0.5, 0.6) is 5.75 Å². The van der Waals surface area contributed by atoms with E-state index in [0.29, 0.717) is 20.7 Å². The summed E-state index contributed by atoms with van der Waals surface area (Å²) in [6, 6.07) is 8.42. The fraction of sp³-hybridized carbons (Fsp3) is 0.143. The average Bonchev–Trinajstić information content (AvgIpc) is 2.91. The highest BCUT2D eigenvalue weighted by molar-refractivity contribution is 9.11. The summed E-state index contributed by atoms with van der Waals surface area (Å²) in [5, 5.41) is 0. The summed E-state index contributed by atoms with van der Waals surface area (Å²) >= 11 is 7.85. The number of halogens is 2. The number of carbonyl (C=O) groups excluding carboxylic acids is 2. The van der Waals surface area contributed by atoms with Gasteiger partial charge in [0.1, 0.15) is 5.75 Å². The second-order valence-corrected chi connectivity index (χ2v) is 7.27. The summed E-state index contributed by atoms with van der Waals surface area (Å²) < 4.78 is 11.5. The minimum Gasteiger partial charge on any atom is -0.497 e. The van der Waals surface area contributed by atoms with E-state index in [1.165, 1.54) is 18.4 Å². The van der Waals surface area contributed by atoms with E-state index in [1.807, 2.05) is 0 Å². The van der Waals surface area contributed by atoms with Gasteiger partial charge in [0.2, 0.25) is 5.78 Å². The Bertz CT molecular complexity index is 681. The minimum absolute atomic E-state index is 0.238. The molecule has 0 bridgehead atoms. The molecule has 1 aromatic carbocycles. The van der Waals surface area contributed by atoms with Gasteiger partial charge in [-0.15, -0.1) is 11.3 Å². The molecule has 0 radical (unpaired) electrons. The Morgan fingerprint density at radius 3 is 2.57 bits per heavy atom. The van der Waals surface area contributed by atoms with Crippen LogP contribution >= 0.6 is 43.2 Å². The number of methoxy groups -OCH3 is 1. The van der Waals surface area contributed by atoms with Crippen molar-refractivity contribution in [1.82, 2.24) is 0 Å². The normalized spacial score (nSPS) is 10.2. The van der Waals surface area contributed by atoms with Gasteiger partial charge >= 0.3 is 5.97 Å². The summed E-state index contributed by atoms with van der Waals surface area (Å²) in [5.74, 6) is -0.276. The fourth-order valence-corrected chi connectivity index (χ4v) is 3.25. The van der Waals surface area contributed by atoms with Gasteiger partial charge in [0.25, 0.3) is 0 Å². The van der Waals surface area contributed by atoms with Gasteiger partial charge in [0.05, 0.1) is 21.3 Å². The monoisotopic (exact) mass is 432 g/mol. The van der Waals surface area contributed by atoms with Crippen LogP contribution in [-0.4, -0.2) is 25.5 Å². The van der Waals surface area contributed by atoms with E-state index >= 15 is 0 Å². The first kappa shape index (κ1) is 16.2. The Hall–Kier alpha value is -1.18. The lowest BCUT2D eigenvalue weighted by Crippen LogP contribution is -2.14. The first-order valence-electron chi connectivity index (χ1n) is 5.80. The summed E-state index contributed by atoms with van der Waals surface area (Å²) in [5.41, 5.74) is 0.314. The molecule has 0 aliphatic heterocycles. The topological polar surface area (TPSA) is 52.6 Å². The van der Waals surface area contributed by atoms with Gasteiger partial charge in [-0.3, -0.25) is 4.79 Å². The lowest BCUT2D eigenvalue weighted by molar-refractivity contribution is 0.0474. The van der Waals surface area contributed by atoms with Crippen LogP contribution in [0.15, 0.2) is 38.6 Å². The second-order valence-electron chi connectivity index (χ2n) is 3.95. The fourth-order valence-electron chi connectivity index (χ4n) is 1.53. The molecule has 0 spiro atoms. The third-order valence-corrected chi connectivity index (χ3v) is 4.93. The van der Waals surface area contributed by atoms with Crippen LogP contribution in [0.3, 0.4) is 0 Å². The molecule has 2 aromatic rings. The number of hydrogen-bond acceptors (Lipinski definition) is 5. The number of Topliss-reactive ketones (excluding diaryl/α,β-unsaturated/α-hetero) is 1. The highest BCUT2D eigenvalue weighted by Crippen LogP contribution is 2.24. The molecule has 0 amide bonds. The van der Waals surface area contributed by atoms with Crippen LogP contribution in [-0.2, 0) is 4.74 Å². The van der Waals surface area contributed by atoms with Crippen molar-refractivity contribution in [3.63, 3.8) is 0 Å². The number of ketones is 1. The molecule has 4 nitrogen and oxygen atoms in total. The average molecular weight is 434 g/mol. The zero-order valence-corrected chi connectivity index (χ0v) is 14.9. The third-order valence-electron chi connectivity index (χ3n) is 2.58. The van der Waals surface area contributed by atoms with Gasteiger partial charge in [-0.05, 0) is 62.2 Å². The Balaban J connectivity index is 2.03. The molecule has 7 heteroatoms. The van der Waals surface area contributed by atoms with Gasteiger partial charge < -0.3 is 9.47 Å². The molecule has 0 fully saturated rings. The predicted octanol–water partition coefficient (Wildman–Crippen LogP) is 4.32. The van der Waals surface area contributed by atoms with Gasteiger partial charge in [0, 0.05) is 4.47 Å². The molecule has 0 N–H and O–H groups in total. The maximum absolute atomic E-state index is 12.0. The minimum atomic E-state index is -0.579. The maximum atomic E-state index is 12.0. The highest BCUT2D eigenvalue weighted by atomic mass is 79.9. The molecule has 1 aromatic heterocycles. The Kier molecular flexibility index (Phi) is 5.55. The number of rotatable bonds is 5. The first-order valence-corrected chi connectivity index (χ1v) is 8.20. The summed E-state index contributed by atoms with van der Waals surface area (Å²) in [6.07, 6.45) is 0. The predicted molar refractivity (Wildman–Crippen MR) is 87.3 cm³/mol. The van der Waals surface area contributed by atoms with Crippen LogP contribution < -0.4 is 4.74 Å². The van der Waals surface area contributed by atoms with Crippen LogP contribution in [0.2, 0.25) is 0 Å². The van der Waals surface area contributed by atoms with Gasteiger partial charge in [-0.25, -0.2) is 4.79 Å². The van der Waals surface area contributed by atoms with E-state index in [9.17, 15) is 9.59 Å². The number of ether oxygens (including phenoxy) is 2. The zero-order chi connectivity index (χ0) is 15.4. The molecule has 0 unspecified atom stereocenters. The van der Waals surface area contributed by atoms with E-state index in [0.717, 1.165) is 3.79 Å². The number of benzene rings is 1.